The van der Waals surface area contributed by atoms with E-state index in [0.29, 0.717) is 18.5 Å². The molecule has 0 aliphatic carbocycles. The molecule has 1 aliphatic rings. The summed E-state index contributed by atoms with van der Waals surface area (Å²) in [5, 5.41) is 23.2. The van der Waals surface area contributed by atoms with Crippen molar-refractivity contribution in [3.05, 3.63) is 29.3 Å². The van der Waals surface area contributed by atoms with Gasteiger partial charge in [0.25, 0.3) is 0 Å². The van der Waals surface area contributed by atoms with E-state index in [9.17, 15) is 10.2 Å². The van der Waals surface area contributed by atoms with Gasteiger partial charge in [0, 0.05) is 12.1 Å². The van der Waals surface area contributed by atoms with E-state index in [0.717, 1.165) is 12.1 Å². The maximum atomic E-state index is 10.2. The molecule has 0 radical (unpaired) electrons. The first-order chi connectivity index (χ1) is 6.63. The Balaban J connectivity index is 2.45. The number of hydrogen-bond acceptors (Lipinski definition) is 3. The fourth-order valence-corrected chi connectivity index (χ4v) is 1.94. The molecule has 76 valence electrons. The normalized spacial score (nSPS) is 26.7. The average molecular weight is 193 g/mol. The molecule has 14 heavy (non-hydrogen) atoms. The second-order valence-electron chi connectivity index (χ2n) is 3.93. The number of aryl methyl sites for hydroxylation is 1. The number of aliphatic hydroxyl groups is 1. The van der Waals surface area contributed by atoms with Crippen molar-refractivity contribution >= 4 is 0 Å². The van der Waals surface area contributed by atoms with Crippen LogP contribution in [0.5, 0.6) is 5.75 Å². The van der Waals surface area contributed by atoms with Crippen LogP contribution in [-0.2, 0) is 5.60 Å². The second-order valence-corrected chi connectivity index (χ2v) is 3.93. The van der Waals surface area contributed by atoms with Crippen LogP contribution in [-0.4, -0.2) is 23.3 Å². The lowest BCUT2D eigenvalue weighted by molar-refractivity contribution is 0.0561. The van der Waals surface area contributed by atoms with Gasteiger partial charge in [-0.3, -0.25) is 0 Å². The molecule has 0 spiro atoms. The quantitative estimate of drug-likeness (QED) is 0.620. The number of aromatic hydroxyl groups is 1. The lowest BCUT2D eigenvalue weighted by atomic mass is 9.91. The van der Waals surface area contributed by atoms with Crippen molar-refractivity contribution in [2.24, 2.45) is 0 Å². The lowest BCUT2D eigenvalue weighted by Gasteiger charge is -2.23. The minimum atomic E-state index is -0.893. The Labute approximate surface area is 83.4 Å². The predicted octanol–water partition coefficient (Wildman–Crippen LogP) is 0.882. The summed E-state index contributed by atoms with van der Waals surface area (Å²) in [7, 11) is 0. The van der Waals surface area contributed by atoms with Gasteiger partial charge in [0.1, 0.15) is 11.4 Å². The number of phenols is 1. The molecule has 1 aromatic carbocycles. The van der Waals surface area contributed by atoms with Crippen molar-refractivity contribution in [3.63, 3.8) is 0 Å². The third kappa shape index (κ3) is 1.38. The van der Waals surface area contributed by atoms with Crippen molar-refractivity contribution in [2.45, 2.75) is 18.9 Å². The molecule has 1 saturated heterocycles. The van der Waals surface area contributed by atoms with Gasteiger partial charge in [-0.1, -0.05) is 18.2 Å². The Kier molecular flexibility index (Phi) is 2.21. The molecule has 0 amide bonds. The molecule has 0 aromatic heterocycles. The summed E-state index contributed by atoms with van der Waals surface area (Å²) < 4.78 is 0. The van der Waals surface area contributed by atoms with Crippen LogP contribution in [0.25, 0.3) is 0 Å². The van der Waals surface area contributed by atoms with Gasteiger partial charge in [0.15, 0.2) is 0 Å². The lowest BCUT2D eigenvalue weighted by Crippen LogP contribution is -2.28. The number of hydrogen-bond donors (Lipinski definition) is 3. The standard InChI is InChI=1S/C11H15NO2/c1-8-3-2-4-9(10(8)13)11(14)5-6-12-7-11/h2-4,12-14H,5-7H2,1H3. The Bertz CT molecular complexity index is 343. The van der Waals surface area contributed by atoms with Gasteiger partial charge in [-0.15, -0.1) is 0 Å². The van der Waals surface area contributed by atoms with Crippen LogP contribution in [0.1, 0.15) is 17.5 Å². The summed E-state index contributed by atoms with van der Waals surface area (Å²) in [6, 6.07) is 5.49. The minimum Gasteiger partial charge on any atom is -0.507 e. The molecular formula is C11H15NO2. The number of phenolic OH excluding ortho intramolecular Hbond substituents is 1. The van der Waals surface area contributed by atoms with Crippen molar-refractivity contribution in [1.82, 2.24) is 5.32 Å². The largest absolute Gasteiger partial charge is 0.507 e. The predicted molar refractivity (Wildman–Crippen MR) is 54.2 cm³/mol. The molecule has 2 rings (SSSR count). The van der Waals surface area contributed by atoms with Crippen LogP contribution in [0.2, 0.25) is 0 Å². The molecule has 0 saturated carbocycles. The summed E-state index contributed by atoms with van der Waals surface area (Å²) >= 11 is 0. The highest BCUT2D eigenvalue weighted by molar-refractivity contribution is 5.43. The molecule has 1 fully saturated rings. The van der Waals surface area contributed by atoms with Gasteiger partial charge in [-0.25, -0.2) is 0 Å². The first-order valence-electron chi connectivity index (χ1n) is 4.86. The Morgan fingerprint density at radius 1 is 1.43 bits per heavy atom. The van der Waals surface area contributed by atoms with Gasteiger partial charge < -0.3 is 15.5 Å². The van der Waals surface area contributed by atoms with Crippen LogP contribution in [0.3, 0.4) is 0 Å². The van der Waals surface area contributed by atoms with Crippen LogP contribution in [0.15, 0.2) is 18.2 Å². The zero-order valence-electron chi connectivity index (χ0n) is 8.25. The molecule has 1 aromatic rings. The fraction of sp³-hybridized carbons (Fsp3) is 0.455. The zero-order chi connectivity index (χ0) is 10.2. The topological polar surface area (TPSA) is 52.5 Å². The van der Waals surface area contributed by atoms with Gasteiger partial charge in [-0.2, -0.15) is 0 Å². The monoisotopic (exact) mass is 193 g/mol. The van der Waals surface area contributed by atoms with Crippen molar-refractivity contribution in [3.8, 4) is 5.75 Å². The first kappa shape index (κ1) is 9.49. The fourth-order valence-electron chi connectivity index (χ4n) is 1.94. The van der Waals surface area contributed by atoms with E-state index in [1.807, 2.05) is 19.1 Å². The highest BCUT2D eigenvalue weighted by Gasteiger charge is 2.35. The van der Waals surface area contributed by atoms with Crippen LogP contribution in [0.4, 0.5) is 0 Å². The molecule has 1 aliphatic heterocycles. The van der Waals surface area contributed by atoms with E-state index < -0.39 is 5.60 Å². The number of benzene rings is 1. The van der Waals surface area contributed by atoms with E-state index in [1.165, 1.54) is 0 Å². The van der Waals surface area contributed by atoms with Gasteiger partial charge in [0.05, 0.1) is 0 Å². The summed E-state index contributed by atoms with van der Waals surface area (Å²) in [5.41, 5.74) is 0.557. The summed E-state index contributed by atoms with van der Waals surface area (Å²) in [5.74, 6) is 0.221. The molecule has 1 unspecified atom stereocenters. The molecular weight excluding hydrogens is 178 g/mol. The van der Waals surface area contributed by atoms with Gasteiger partial charge >= 0.3 is 0 Å². The molecule has 3 N–H and O–H groups in total. The highest BCUT2D eigenvalue weighted by atomic mass is 16.3. The van der Waals surface area contributed by atoms with E-state index >= 15 is 0 Å². The molecule has 0 bridgehead atoms. The van der Waals surface area contributed by atoms with Crippen molar-refractivity contribution in [1.29, 1.82) is 0 Å². The maximum absolute atomic E-state index is 10.2. The van der Waals surface area contributed by atoms with E-state index in [2.05, 4.69) is 5.32 Å². The number of β-amino-alcohol motifs (C(OH)–C–C–N with tert-alkyl or cyclic N) is 1. The van der Waals surface area contributed by atoms with E-state index in [4.69, 9.17) is 0 Å². The Morgan fingerprint density at radius 3 is 2.86 bits per heavy atom. The Hall–Kier alpha value is -1.06. The van der Waals surface area contributed by atoms with Crippen LogP contribution in [0, 0.1) is 6.92 Å². The molecule has 3 nitrogen and oxygen atoms in total. The first-order valence-corrected chi connectivity index (χ1v) is 4.86. The highest BCUT2D eigenvalue weighted by Crippen LogP contribution is 2.35. The van der Waals surface area contributed by atoms with Crippen molar-refractivity contribution in [2.75, 3.05) is 13.1 Å². The third-order valence-corrected chi connectivity index (χ3v) is 2.87. The van der Waals surface area contributed by atoms with Crippen LogP contribution >= 0.6 is 0 Å². The summed E-state index contributed by atoms with van der Waals surface area (Å²) in [4.78, 5) is 0. The summed E-state index contributed by atoms with van der Waals surface area (Å²) in [6.45, 7) is 3.15. The molecule has 1 heterocycles. The van der Waals surface area contributed by atoms with Gasteiger partial charge in [0.2, 0.25) is 0 Å². The maximum Gasteiger partial charge on any atom is 0.124 e. The SMILES string of the molecule is Cc1cccc(C2(O)CCNC2)c1O. The number of nitrogens with one attached hydrogen (secondary N) is 1. The van der Waals surface area contributed by atoms with E-state index in [1.54, 1.807) is 6.07 Å². The summed E-state index contributed by atoms with van der Waals surface area (Å²) in [6.07, 6.45) is 0.657. The smallest absolute Gasteiger partial charge is 0.124 e. The van der Waals surface area contributed by atoms with Gasteiger partial charge in [-0.05, 0) is 25.5 Å². The Morgan fingerprint density at radius 2 is 2.21 bits per heavy atom. The number of para-hydroxylation sites is 1. The van der Waals surface area contributed by atoms with Crippen LogP contribution < -0.4 is 5.32 Å². The van der Waals surface area contributed by atoms with E-state index in [-0.39, 0.29) is 5.75 Å². The van der Waals surface area contributed by atoms with Crippen molar-refractivity contribution < 1.29 is 10.2 Å². The zero-order valence-corrected chi connectivity index (χ0v) is 8.25. The molecule has 1 atom stereocenters. The average Bonchev–Trinajstić information content (AvgIpc) is 2.58. The minimum absolute atomic E-state index is 0.221. The second kappa shape index (κ2) is 3.26. The number of rotatable bonds is 1. The third-order valence-electron chi connectivity index (χ3n) is 2.87. The molecule has 3 heteroatoms.